The lowest BCUT2D eigenvalue weighted by atomic mass is 9.74. The van der Waals surface area contributed by atoms with Gasteiger partial charge in [0.2, 0.25) is 0 Å². The van der Waals surface area contributed by atoms with Gasteiger partial charge < -0.3 is 9.84 Å². The molecular formula is C17H26ClNO2. The summed E-state index contributed by atoms with van der Waals surface area (Å²) in [4.78, 5) is 2.46. The molecule has 0 aromatic heterocycles. The van der Waals surface area contributed by atoms with E-state index in [-0.39, 0.29) is 12.0 Å². The number of likely N-dealkylation sites (tertiary alicyclic amines) is 1. The molecule has 1 aliphatic rings. The van der Waals surface area contributed by atoms with E-state index in [0.29, 0.717) is 6.04 Å². The summed E-state index contributed by atoms with van der Waals surface area (Å²) in [6.07, 6.45) is 2.98. The number of methoxy groups -OCH3 is 1. The van der Waals surface area contributed by atoms with Gasteiger partial charge in [-0.3, -0.25) is 4.90 Å². The molecule has 1 fully saturated rings. The Balaban J connectivity index is 1.96. The molecule has 1 N–H and O–H groups in total. The number of hydrogen-bond donors (Lipinski definition) is 1. The van der Waals surface area contributed by atoms with Gasteiger partial charge in [0.1, 0.15) is 0 Å². The average Bonchev–Trinajstić information content (AvgIpc) is 2.50. The van der Waals surface area contributed by atoms with Gasteiger partial charge in [0.05, 0.1) is 6.61 Å². The fourth-order valence-electron chi connectivity index (χ4n) is 3.21. The first kappa shape index (κ1) is 16.8. The lowest BCUT2D eigenvalue weighted by Crippen LogP contribution is -2.47. The molecule has 0 radical (unpaired) electrons. The Kier molecular flexibility index (Phi) is 6.06. The molecule has 1 heterocycles. The first-order valence-corrected chi connectivity index (χ1v) is 8.05. The topological polar surface area (TPSA) is 32.7 Å². The van der Waals surface area contributed by atoms with Crippen LogP contribution in [0.5, 0.6) is 0 Å². The lowest BCUT2D eigenvalue weighted by molar-refractivity contribution is 0.0130. The molecule has 118 valence electrons. The largest absolute Gasteiger partial charge is 0.396 e. The first-order chi connectivity index (χ1) is 10.1. The molecule has 1 saturated heterocycles. The van der Waals surface area contributed by atoms with Crippen LogP contribution in [0.15, 0.2) is 24.3 Å². The highest BCUT2D eigenvalue weighted by Crippen LogP contribution is 2.35. The minimum absolute atomic E-state index is 0.0110. The van der Waals surface area contributed by atoms with Crippen molar-refractivity contribution in [3.05, 3.63) is 34.9 Å². The van der Waals surface area contributed by atoms with Crippen molar-refractivity contribution in [1.29, 1.82) is 0 Å². The predicted octanol–water partition coefficient (Wildman–Crippen LogP) is 2.99. The smallest absolute Gasteiger partial charge is 0.0615 e. The maximum Gasteiger partial charge on any atom is 0.0615 e. The van der Waals surface area contributed by atoms with Crippen LogP contribution in [0.4, 0.5) is 0 Å². The minimum Gasteiger partial charge on any atom is -0.396 e. The number of aliphatic hydroxyl groups is 1. The Hall–Kier alpha value is -0.610. The van der Waals surface area contributed by atoms with E-state index in [9.17, 15) is 5.11 Å². The maximum atomic E-state index is 9.92. The molecule has 0 spiro atoms. The zero-order valence-corrected chi connectivity index (χ0v) is 13.8. The molecule has 0 saturated carbocycles. The van der Waals surface area contributed by atoms with E-state index in [1.54, 1.807) is 7.11 Å². The number of halogens is 1. The summed E-state index contributed by atoms with van der Waals surface area (Å²) in [7, 11) is 1.75. The molecule has 0 amide bonds. The van der Waals surface area contributed by atoms with E-state index in [4.69, 9.17) is 16.3 Å². The fourth-order valence-corrected chi connectivity index (χ4v) is 3.34. The fraction of sp³-hybridized carbons (Fsp3) is 0.647. The van der Waals surface area contributed by atoms with Crippen LogP contribution < -0.4 is 0 Å². The Labute approximate surface area is 132 Å². The maximum absolute atomic E-state index is 9.92. The summed E-state index contributed by atoms with van der Waals surface area (Å²) in [5.74, 6) is 0. The molecule has 0 bridgehead atoms. The van der Waals surface area contributed by atoms with Crippen molar-refractivity contribution in [3.8, 4) is 0 Å². The van der Waals surface area contributed by atoms with Crippen molar-refractivity contribution in [2.45, 2.75) is 32.2 Å². The van der Waals surface area contributed by atoms with Crippen LogP contribution in [0.1, 0.15) is 25.3 Å². The van der Waals surface area contributed by atoms with Crippen LogP contribution >= 0.6 is 11.6 Å². The molecule has 3 nitrogen and oxygen atoms in total. The van der Waals surface area contributed by atoms with E-state index < -0.39 is 0 Å². The van der Waals surface area contributed by atoms with Crippen LogP contribution in [-0.2, 0) is 11.2 Å². The Morgan fingerprint density at radius 2 is 1.90 bits per heavy atom. The molecule has 1 aliphatic heterocycles. The lowest BCUT2D eigenvalue weighted by Gasteiger charge is -2.43. The highest BCUT2D eigenvalue weighted by molar-refractivity contribution is 6.30. The third-order valence-electron chi connectivity index (χ3n) is 4.72. The van der Waals surface area contributed by atoms with E-state index >= 15 is 0 Å². The van der Waals surface area contributed by atoms with Crippen molar-refractivity contribution in [3.63, 3.8) is 0 Å². The minimum atomic E-state index is 0.0110. The van der Waals surface area contributed by atoms with Crippen LogP contribution in [0, 0.1) is 5.41 Å². The van der Waals surface area contributed by atoms with Gasteiger partial charge in [-0.1, -0.05) is 23.7 Å². The third-order valence-corrected chi connectivity index (χ3v) is 4.97. The number of ether oxygens (including phenoxy) is 1. The van der Waals surface area contributed by atoms with Crippen molar-refractivity contribution in [2.24, 2.45) is 5.41 Å². The van der Waals surface area contributed by atoms with Crippen LogP contribution in [0.25, 0.3) is 0 Å². The summed E-state index contributed by atoms with van der Waals surface area (Å²) < 4.78 is 5.24. The van der Waals surface area contributed by atoms with Crippen LogP contribution in [0.2, 0.25) is 5.02 Å². The number of benzene rings is 1. The van der Waals surface area contributed by atoms with Gasteiger partial charge in [0.15, 0.2) is 0 Å². The third kappa shape index (κ3) is 4.43. The van der Waals surface area contributed by atoms with E-state index in [1.807, 2.05) is 12.1 Å². The Morgan fingerprint density at radius 3 is 2.43 bits per heavy atom. The molecule has 0 unspecified atom stereocenters. The first-order valence-electron chi connectivity index (χ1n) is 7.67. The quantitative estimate of drug-likeness (QED) is 0.876. The van der Waals surface area contributed by atoms with Crippen molar-refractivity contribution >= 4 is 11.6 Å². The zero-order valence-electron chi connectivity index (χ0n) is 13.0. The summed E-state index contributed by atoms with van der Waals surface area (Å²) in [6.45, 7) is 5.28. The van der Waals surface area contributed by atoms with Gasteiger partial charge in [0, 0.05) is 24.8 Å². The van der Waals surface area contributed by atoms with E-state index in [2.05, 4.69) is 24.0 Å². The van der Waals surface area contributed by atoms with E-state index in [1.165, 1.54) is 5.56 Å². The van der Waals surface area contributed by atoms with Crippen molar-refractivity contribution in [1.82, 2.24) is 4.90 Å². The predicted molar refractivity (Wildman–Crippen MR) is 86.8 cm³/mol. The average molecular weight is 312 g/mol. The van der Waals surface area contributed by atoms with Gasteiger partial charge in [-0.15, -0.1) is 0 Å². The van der Waals surface area contributed by atoms with Gasteiger partial charge in [-0.05, 0) is 62.4 Å². The van der Waals surface area contributed by atoms with E-state index in [0.717, 1.165) is 44.0 Å². The summed E-state index contributed by atoms with van der Waals surface area (Å²) in [5.41, 5.74) is 1.27. The second-order valence-corrected chi connectivity index (χ2v) is 6.74. The van der Waals surface area contributed by atoms with Crippen molar-refractivity contribution in [2.75, 3.05) is 33.4 Å². The van der Waals surface area contributed by atoms with Gasteiger partial charge in [0.25, 0.3) is 0 Å². The molecule has 2 rings (SSSR count). The number of nitrogens with zero attached hydrogens (tertiary/aromatic N) is 1. The number of piperidine rings is 1. The SMILES string of the molecule is COC[C@H](C)N1CCC(CO)(Cc2ccc(Cl)cc2)CC1. The molecule has 1 aromatic carbocycles. The highest BCUT2D eigenvalue weighted by Gasteiger charge is 2.35. The van der Waals surface area contributed by atoms with Gasteiger partial charge in [-0.2, -0.15) is 0 Å². The van der Waals surface area contributed by atoms with Crippen LogP contribution in [-0.4, -0.2) is 49.5 Å². The zero-order chi connectivity index (χ0) is 15.3. The summed E-state index contributed by atoms with van der Waals surface area (Å²) >= 11 is 5.94. The summed E-state index contributed by atoms with van der Waals surface area (Å²) in [5, 5.41) is 10.7. The number of rotatable bonds is 6. The molecule has 4 heteroatoms. The molecule has 0 aliphatic carbocycles. The van der Waals surface area contributed by atoms with Crippen molar-refractivity contribution < 1.29 is 9.84 Å². The molecule has 1 atom stereocenters. The van der Waals surface area contributed by atoms with Crippen LogP contribution in [0.3, 0.4) is 0 Å². The highest BCUT2D eigenvalue weighted by atomic mass is 35.5. The number of hydrogen-bond acceptors (Lipinski definition) is 3. The Morgan fingerprint density at radius 1 is 1.29 bits per heavy atom. The molecule has 21 heavy (non-hydrogen) atoms. The monoisotopic (exact) mass is 311 g/mol. The normalized spacial score (nSPS) is 20.4. The molecule has 1 aromatic rings. The Bertz CT molecular complexity index is 427. The standard InChI is InChI=1S/C17H26ClNO2/c1-14(12-21-2)19-9-7-17(13-20,8-10-19)11-15-3-5-16(18)6-4-15/h3-6,14,20H,7-13H2,1-2H3/t14-/m0/s1. The van der Waals surface area contributed by atoms with Gasteiger partial charge in [-0.25, -0.2) is 0 Å². The second-order valence-electron chi connectivity index (χ2n) is 6.30. The second kappa shape index (κ2) is 7.59. The van der Waals surface area contributed by atoms with Gasteiger partial charge >= 0.3 is 0 Å². The number of aliphatic hydroxyl groups excluding tert-OH is 1. The summed E-state index contributed by atoms with van der Waals surface area (Å²) in [6, 6.07) is 8.44. The molecular weight excluding hydrogens is 286 g/mol.